The highest BCUT2D eigenvalue weighted by atomic mass is 32.2. The van der Waals surface area contributed by atoms with Crippen LogP contribution in [0.2, 0.25) is 0 Å². The fourth-order valence-electron chi connectivity index (χ4n) is 2.44. The summed E-state index contributed by atoms with van der Waals surface area (Å²) in [4.78, 5) is 0.382. The fourth-order valence-corrected chi connectivity index (χ4v) is 4.05. The second-order valence-corrected chi connectivity index (χ2v) is 7.06. The molecule has 0 aromatic heterocycles. The molecule has 2 unspecified atom stereocenters. The van der Waals surface area contributed by atoms with Gasteiger partial charge in [-0.05, 0) is 36.6 Å². The minimum Gasteiger partial charge on any atom is -0.207 e. The van der Waals surface area contributed by atoms with Gasteiger partial charge in [-0.3, -0.25) is 0 Å². The van der Waals surface area contributed by atoms with E-state index in [0.717, 1.165) is 6.42 Å². The molecule has 1 saturated heterocycles. The van der Waals surface area contributed by atoms with E-state index in [9.17, 15) is 8.42 Å². The quantitative estimate of drug-likeness (QED) is 0.811. The molecule has 0 bridgehead atoms. The van der Waals surface area contributed by atoms with Gasteiger partial charge in [0.2, 0.25) is 10.0 Å². The SMILES string of the molecule is Cc1ccccc1CC1CN1S(=O)(=O)c1ccccc1. The van der Waals surface area contributed by atoms with E-state index in [1.807, 2.05) is 18.2 Å². The monoisotopic (exact) mass is 287 g/mol. The van der Waals surface area contributed by atoms with E-state index in [4.69, 9.17) is 0 Å². The maximum absolute atomic E-state index is 12.4. The van der Waals surface area contributed by atoms with Gasteiger partial charge in [-0.25, -0.2) is 8.42 Å². The Labute approximate surface area is 119 Å². The zero-order valence-corrected chi connectivity index (χ0v) is 12.2. The number of hydrogen-bond acceptors (Lipinski definition) is 2. The van der Waals surface area contributed by atoms with Gasteiger partial charge in [0.05, 0.1) is 4.90 Å². The Morgan fingerprint density at radius 2 is 1.70 bits per heavy atom. The highest BCUT2D eigenvalue weighted by Gasteiger charge is 2.44. The molecular formula is C16H17NO2S. The molecule has 0 N–H and O–H groups in total. The molecule has 2 aromatic carbocycles. The summed E-state index contributed by atoms with van der Waals surface area (Å²) in [5, 5.41) is 0. The van der Waals surface area contributed by atoms with E-state index in [2.05, 4.69) is 19.1 Å². The number of aryl methyl sites for hydroxylation is 1. The van der Waals surface area contributed by atoms with Crippen LogP contribution in [0, 0.1) is 6.92 Å². The Bertz CT molecular complexity index is 710. The van der Waals surface area contributed by atoms with Gasteiger partial charge in [-0.2, -0.15) is 4.31 Å². The predicted octanol–water partition coefficient (Wildman–Crippen LogP) is 2.61. The van der Waals surface area contributed by atoms with Crippen molar-refractivity contribution in [2.45, 2.75) is 24.3 Å². The molecule has 0 aliphatic carbocycles. The van der Waals surface area contributed by atoms with Crippen molar-refractivity contribution >= 4 is 10.0 Å². The number of nitrogens with zero attached hydrogens (tertiary/aromatic N) is 1. The second kappa shape index (κ2) is 5.04. The van der Waals surface area contributed by atoms with Gasteiger partial charge in [-0.1, -0.05) is 42.5 Å². The average molecular weight is 287 g/mol. The van der Waals surface area contributed by atoms with Crippen molar-refractivity contribution in [1.82, 2.24) is 4.31 Å². The standard InChI is InChI=1S/C16H17NO2S/c1-13-7-5-6-8-14(13)11-15-12-17(15)20(18,19)16-9-3-2-4-10-16/h2-10,15H,11-12H2,1H3. The van der Waals surface area contributed by atoms with Crippen LogP contribution in [-0.4, -0.2) is 25.3 Å². The van der Waals surface area contributed by atoms with Gasteiger partial charge in [-0.15, -0.1) is 0 Å². The van der Waals surface area contributed by atoms with E-state index in [1.54, 1.807) is 28.6 Å². The smallest absolute Gasteiger partial charge is 0.207 e. The van der Waals surface area contributed by atoms with Crippen LogP contribution in [0.3, 0.4) is 0 Å². The molecule has 0 amide bonds. The highest BCUT2D eigenvalue weighted by molar-refractivity contribution is 7.89. The van der Waals surface area contributed by atoms with Crippen molar-refractivity contribution in [2.75, 3.05) is 6.54 Å². The van der Waals surface area contributed by atoms with Crippen LogP contribution < -0.4 is 0 Å². The lowest BCUT2D eigenvalue weighted by molar-refractivity contribution is 0.551. The first-order valence-electron chi connectivity index (χ1n) is 6.70. The molecule has 1 heterocycles. The molecule has 0 radical (unpaired) electrons. The summed E-state index contributed by atoms with van der Waals surface area (Å²) in [5.74, 6) is 0. The molecule has 0 saturated carbocycles. The fraction of sp³-hybridized carbons (Fsp3) is 0.250. The lowest BCUT2D eigenvalue weighted by Gasteiger charge is -2.07. The van der Waals surface area contributed by atoms with Gasteiger partial charge in [0, 0.05) is 12.6 Å². The maximum Gasteiger partial charge on any atom is 0.243 e. The lowest BCUT2D eigenvalue weighted by Crippen LogP contribution is -2.15. The third-order valence-electron chi connectivity index (χ3n) is 3.73. The Balaban J connectivity index is 1.75. The van der Waals surface area contributed by atoms with Crippen LogP contribution in [0.4, 0.5) is 0 Å². The van der Waals surface area contributed by atoms with Crippen LogP contribution in [-0.2, 0) is 16.4 Å². The molecule has 1 aliphatic rings. The summed E-state index contributed by atoms with van der Waals surface area (Å²) in [7, 11) is -3.31. The van der Waals surface area contributed by atoms with Crippen molar-refractivity contribution in [1.29, 1.82) is 0 Å². The normalized spacial score (nSPS) is 21.6. The minimum absolute atomic E-state index is 0.0984. The Morgan fingerprint density at radius 1 is 1.05 bits per heavy atom. The lowest BCUT2D eigenvalue weighted by atomic mass is 10.0. The number of sulfonamides is 1. The summed E-state index contributed by atoms with van der Waals surface area (Å²) in [6, 6.07) is 16.9. The first-order valence-corrected chi connectivity index (χ1v) is 8.14. The van der Waals surface area contributed by atoms with E-state index < -0.39 is 10.0 Å². The molecule has 3 rings (SSSR count). The second-order valence-electron chi connectivity index (χ2n) is 5.17. The third kappa shape index (κ3) is 2.49. The number of benzene rings is 2. The third-order valence-corrected chi connectivity index (χ3v) is 5.66. The van der Waals surface area contributed by atoms with Crippen molar-refractivity contribution in [3.8, 4) is 0 Å². The molecule has 1 aliphatic heterocycles. The molecular weight excluding hydrogens is 270 g/mol. The van der Waals surface area contributed by atoms with Crippen LogP contribution in [0.25, 0.3) is 0 Å². The summed E-state index contributed by atoms with van der Waals surface area (Å²) < 4.78 is 26.4. The zero-order chi connectivity index (χ0) is 14.2. The van der Waals surface area contributed by atoms with Gasteiger partial charge < -0.3 is 0 Å². The van der Waals surface area contributed by atoms with E-state index in [0.29, 0.717) is 11.4 Å². The van der Waals surface area contributed by atoms with Crippen molar-refractivity contribution in [2.24, 2.45) is 0 Å². The largest absolute Gasteiger partial charge is 0.243 e. The predicted molar refractivity (Wildman–Crippen MR) is 79.0 cm³/mol. The highest BCUT2D eigenvalue weighted by Crippen LogP contribution is 2.30. The zero-order valence-electron chi connectivity index (χ0n) is 11.4. The topological polar surface area (TPSA) is 37.1 Å². The molecule has 3 nitrogen and oxygen atoms in total. The molecule has 2 atom stereocenters. The van der Waals surface area contributed by atoms with Gasteiger partial charge >= 0.3 is 0 Å². The van der Waals surface area contributed by atoms with E-state index >= 15 is 0 Å². The van der Waals surface area contributed by atoms with Gasteiger partial charge in [0.15, 0.2) is 0 Å². The molecule has 4 heteroatoms. The number of rotatable bonds is 4. The molecule has 0 spiro atoms. The maximum atomic E-state index is 12.4. The van der Waals surface area contributed by atoms with Crippen LogP contribution in [0.5, 0.6) is 0 Å². The van der Waals surface area contributed by atoms with Crippen LogP contribution in [0.1, 0.15) is 11.1 Å². The molecule has 104 valence electrons. The van der Waals surface area contributed by atoms with E-state index in [1.165, 1.54) is 11.1 Å². The van der Waals surface area contributed by atoms with Gasteiger partial charge in [0.25, 0.3) is 0 Å². The van der Waals surface area contributed by atoms with Crippen LogP contribution in [0.15, 0.2) is 59.5 Å². The average Bonchev–Trinajstić information content (AvgIpc) is 3.23. The Morgan fingerprint density at radius 3 is 2.40 bits per heavy atom. The van der Waals surface area contributed by atoms with Crippen molar-refractivity contribution < 1.29 is 8.42 Å². The Hall–Kier alpha value is -1.65. The Kier molecular flexibility index (Phi) is 3.36. The summed E-state index contributed by atoms with van der Waals surface area (Å²) in [6.07, 6.45) is 0.790. The molecule has 2 aromatic rings. The van der Waals surface area contributed by atoms with Crippen molar-refractivity contribution in [3.05, 3.63) is 65.7 Å². The van der Waals surface area contributed by atoms with Gasteiger partial charge in [0.1, 0.15) is 0 Å². The molecule has 20 heavy (non-hydrogen) atoms. The first kappa shape index (κ1) is 13.3. The minimum atomic E-state index is -3.31. The van der Waals surface area contributed by atoms with Crippen LogP contribution >= 0.6 is 0 Å². The summed E-state index contributed by atoms with van der Waals surface area (Å²) >= 11 is 0. The summed E-state index contributed by atoms with van der Waals surface area (Å²) in [5.41, 5.74) is 2.44. The first-order chi connectivity index (χ1) is 9.59. The number of hydrogen-bond donors (Lipinski definition) is 0. The summed E-state index contributed by atoms with van der Waals surface area (Å²) in [6.45, 7) is 2.68. The van der Waals surface area contributed by atoms with Crippen molar-refractivity contribution in [3.63, 3.8) is 0 Å². The molecule has 1 fully saturated rings. The van der Waals surface area contributed by atoms with E-state index in [-0.39, 0.29) is 6.04 Å².